The van der Waals surface area contributed by atoms with Gasteiger partial charge in [-0.2, -0.15) is 0 Å². The van der Waals surface area contributed by atoms with E-state index in [-0.39, 0.29) is 5.03 Å². The fourth-order valence-electron chi connectivity index (χ4n) is 2.90. The molecule has 3 N–H and O–H groups in total. The highest BCUT2D eigenvalue weighted by Crippen LogP contribution is 2.42. The van der Waals surface area contributed by atoms with Crippen LogP contribution in [0.15, 0.2) is 23.2 Å². The van der Waals surface area contributed by atoms with Crippen LogP contribution in [0.2, 0.25) is 0 Å². The summed E-state index contributed by atoms with van der Waals surface area (Å²) in [7, 11) is -3.73. The molecule has 1 heterocycles. The topological polar surface area (TPSA) is 85.1 Å². The number of aromatic nitrogens is 1. The van der Waals surface area contributed by atoms with Crippen LogP contribution in [0.5, 0.6) is 0 Å². The van der Waals surface area contributed by atoms with Crippen LogP contribution in [0, 0.1) is 11.3 Å². The Bertz CT molecular complexity index is 570. The molecule has 0 amide bonds. The maximum atomic E-state index is 11.2. The predicted molar refractivity (Wildman–Crippen MR) is 79.8 cm³/mol. The smallest absolute Gasteiger partial charge is 0.255 e. The van der Waals surface area contributed by atoms with Gasteiger partial charge in [-0.3, -0.25) is 0 Å². The van der Waals surface area contributed by atoms with Gasteiger partial charge in [0.2, 0.25) is 0 Å². The highest BCUT2D eigenvalue weighted by atomic mass is 32.2. The maximum absolute atomic E-state index is 11.2. The molecule has 2 rings (SSSR count). The largest absolute Gasteiger partial charge is 0.370 e. The van der Waals surface area contributed by atoms with E-state index in [1.807, 2.05) is 0 Å². The van der Waals surface area contributed by atoms with Gasteiger partial charge in [-0.15, -0.1) is 0 Å². The van der Waals surface area contributed by atoms with Crippen molar-refractivity contribution in [3.8, 4) is 0 Å². The Morgan fingerprint density at radius 2 is 2.20 bits per heavy atom. The molecule has 0 spiro atoms. The Labute approximate surface area is 121 Å². The van der Waals surface area contributed by atoms with Gasteiger partial charge in [0.05, 0.1) is 0 Å². The number of hydrogen-bond donors (Lipinski definition) is 2. The zero-order valence-corrected chi connectivity index (χ0v) is 12.9. The van der Waals surface area contributed by atoms with Gasteiger partial charge in [-0.1, -0.05) is 19.9 Å². The van der Waals surface area contributed by atoms with Crippen LogP contribution in [0.3, 0.4) is 0 Å². The highest BCUT2D eigenvalue weighted by Gasteiger charge is 2.30. The lowest BCUT2D eigenvalue weighted by Gasteiger charge is -2.17. The van der Waals surface area contributed by atoms with Crippen LogP contribution < -0.4 is 10.5 Å². The summed E-state index contributed by atoms with van der Waals surface area (Å²) in [5.74, 6) is 1.31. The number of primary sulfonamides is 1. The summed E-state index contributed by atoms with van der Waals surface area (Å²) < 4.78 is 22.5. The van der Waals surface area contributed by atoms with Crippen molar-refractivity contribution in [2.24, 2.45) is 16.5 Å². The Balaban J connectivity index is 1.86. The zero-order chi connectivity index (χ0) is 14.8. The minimum absolute atomic E-state index is 0.0931. The van der Waals surface area contributed by atoms with Crippen LogP contribution in [-0.4, -0.2) is 19.9 Å². The number of nitrogens with two attached hydrogens (primary N) is 1. The zero-order valence-electron chi connectivity index (χ0n) is 12.1. The summed E-state index contributed by atoms with van der Waals surface area (Å²) in [5, 5.41) is 8.15. The molecule has 6 heteroatoms. The number of pyridine rings is 1. The lowest BCUT2D eigenvalue weighted by molar-refractivity contribution is 0.356. The van der Waals surface area contributed by atoms with E-state index < -0.39 is 10.0 Å². The summed E-state index contributed by atoms with van der Waals surface area (Å²) in [6, 6.07) is 4.81. The van der Waals surface area contributed by atoms with Crippen molar-refractivity contribution in [3.05, 3.63) is 18.2 Å². The summed E-state index contributed by atoms with van der Waals surface area (Å²) in [5.41, 5.74) is 0.469. The van der Waals surface area contributed by atoms with Gasteiger partial charge in [-0.25, -0.2) is 18.5 Å². The molecule has 0 bridgehead atoms. The molecule has 1 unspecified atom stereocenters. The van der Waals surface area contributed by atoms with E-state index in [0.717, 1.165) is 18.9 Å². The molecular formula is C14H23N3O2S. The first-order valence-electron chi connectivity index (χ1n) is 7.00. The molecule has 0 saturated heterocycles. The van der Waals surface area contributed by atoms with Crippen LogP contribution in [0.4, 0.5) is 5.82 Å². The Kier molecular flexibility index (Phi) is 4.34. The molecule has 0 aromatic carbocycles. The van der Waals surface area contributed by atoms with Crippen LogP contribution >= 0.6 is 0 Å². The van der Waals surface area contributed by atoms with Crippen LogP contribution in [0.25, 0.3) is 0 Å². The van der Waals surface area contributed by atoms with Gasteiger partial charge in [0.1, 0.15) is 5.82 Å². The Morgan fingerprint density at radius 1 is 1.45 bits per heavy atom. The second-order valence-corrected chi connectivity index (χ2v) is 7.90. The van der Waals surface area contributed by atoms with E-state index in [2.05, 4.69) is 24.1 Å². The maximum Gasteiger partial charge on any atom is 0.255 e. The molecular weight excluding hydrogens is 274 g/mol. The lowest BCUT2D eigenvalue weighted by atomic mass is 9.90. The highest BCUT2D eigenvalue weighted by molar-refractivity contribution is 7.89. The van der Waals surface area contributed by atoms with E-state index in [0.29, 0.717) is 11.2 Å². The van der Waals surface area contributed by atoms with Crippen molar-refractivity contribution in [3.63, 3.8) is 0 Å². The molecule has 1 aromatic heterocycles. The van der Waals surface area contributed by atoms with Gasteiger partial charge < -0.3 is 5.32 Å². The summed E-state index contributed by atoms with van der Waals surface area (Å²) >= 11 is 0. The first-order chi connectivity index (χ1) is 9.26. The molecule has 20 heavy (non-hydrogen) atoms. The first-order valence-corrected chi connectivity index (χ1v) is 8.55. The van der Waals surface area contributed by atoms with Gasteiger partial charge in [0.25, 0.3) is 10.0 Å². The van der Waals surface area contributed by atoms with E-state index >= 15 is 0 Å². The number of nitrogens with one attached hydrogen (secondary N) is 1. The minimum Gasteiger partial charge on any atom is -0.370 e. The van der Waals surface area contributed by atoms with E-state index in [4.69, 9.17) is 5.14 Å². The molecule has 1 atom stereocenters. The fourth-order valence-corrected chi connectivity index (χ4v) is 3.40. The third-order valence-corrected chi connectivity index (χ3v) is 4.75. The van der Waals surface area contributed by atoms with Crippen molar-refractivity contribution in [2.45, 2.75) is 44.6 Å². The number of rotatable bonds is 5. The molecule has 1 fully saturated rings. The Hall–Kier alpha value is -1.14. The Morgan fingerprint density at radius 3 is 2.80 bits per heavy atom. The van der Waals surface area contributed by atoms with Crippen molar-refractivity contribution >= 4 is 15.8 Å². The van der Waals surface area contributed by atoms with E-state index in [1.54, 1.807) is 12.1 Å². The molecule has 1 aliphatic carbocycles. The monoisotopic (exact) mass is 297 g/mol. The van der Waals surface area contributed by atoms with Crippen molar-refractivity contribution in [1.82, 2.24) is 4.98 Å². The van der Waals surface area contributed by atoms with Crippen LogP contribution in [0.1, 0.15) is 39.5 Å². The third-order valence-electron chi connectivity index (χ3n) is 3.94. The van der Waals surface area contributed by atoms with Crippen LogP contribution in [-0.2, 0) is 10.0 Å². The van der Waals surface area contributed by atoms with Gasteiger partial charge in [0.15, 0.2) is 5.03 Å². The first kappa shape index (κ1) is 15.3. The molecule has 5 nitrogen and oxygen atoms in total. The summed E-state index contributed by atoms with van der Waals surface area (Å²) in [4.78, 5) is 4.01. The average Bonchev–Trinajstić information content (AvgIpc) is 2.68. The third kappa shape index (κ3) is 4.18. The van der Waals surface area contributed by atoms with E-state index in [1.165, 1.54) is 25.3 Å². The SMILES string of the molecule is CC1(C)CCC(CCNc2cccc(S(N)(=O)=O)n2)C1. The molecule has 0 radical (unpaired) electrons. The number of hydrogen-bond acceptors (Lipinski definition) is 4. The molecule has 1 aromatic rings. The number of nitrogens with zero attached hydrogens (tertiary/aromatic N) is 1. The second kappa shape index (κ2) is 5.69. The molecule has 112 valence electrons. The molecule has 0 aliphatic heterocycles. The van der Waals surface area contributed by atoms with Gasteiger partial charge in [0, 0.05) is 6.54 Å². The second-order valence-electron chi connectivity index (χ2n) is 6.39. The standard InChI is InChI=1S/C14H23N3O2S/c1-14(2)8-6-11(10-14)7-9-16-12-4-3-5-13(17-12)20(15,18)19/h3-5,11H,6-10H2,1-2H3,(H,16,17)(H2,15,18,19). The summed E-state index contributed by atoms with van der Waals surface area (Å²) in [6.45, 7) is 5.44. The quantitative estimate of drug-likeness (QED) is 0.873. The van der Waals surface area contributed by atoms with E-state index in [9.17, 15) is 8.42 Å². The number of anilines is 1. The average molecular weight is 297 g/mol. The normalized spacial score (nSPS) is 21.9. The number of sulfonamides is 1. The molecule has 1 aliphatic rings. The van der Waals surface area contributed by atoms with Crippen molar-refractivity contribution in [2.75, 3.05) is 11.9 Å². The fraction of sp³-hybridized carbons (Fsp3) is 0.643. The van der Waals surface area contributed by atoms with Gasteiger partial charge in [-0.05, 0) is 49.1 Å². The van der Waals surface area contributed by atoms with Crippen molar-refractivity contribution in [1.29, 1.82) is 0 Å². The molecule has 1 saturated carbocycles. The van der Waals surface area contributed by atoms with Crippen molar-refractivity contribution < 1.29 is 8.42 Å². The van der Waals surface area contributed by atoms with Gasteiger partial charge >= 0.3 is 0 Å². The lowest BCUT2D eigenvalue weighted by Crippen LogP contribution is -2.15. The minimum atomic E-state index is -3.73. The summed E-state index contributed by atoms with van der Waals surface area (Å²) in [6.07, 6.45) is 4.92. The predicted octanol–water partition coefficient (Wildman–Crippen LogP) is 2.36.